The Hall–Kier alpha value is -3.67. The van der Waals surface area contributed by atoms with Gasteiger partial charge in [-0.05, 0) is 35.9 Å². The number of hydrogen-bond acceptors (Lipinski definition) is 4. The number of non-ortho nitro benzene ring substituents is 1. The van der Waals surface area contributed by atoms with Crippen molar-refractivity contribution < 1.29 is 4.92 Å². The average Bonchev–Trinajstić information content (AvgIpc) is 3.11. The van der Waals surface area contributed by atoms with Gasteiger partial charge in [0, 0.05) is 41.0 Å². The van der Waals surface area contributed by atoms with Crippen LogP contribution in [0.2, 0.25) is 0 Å². The van der Waals surface area contributed by atoms with Crippen LogP contribution in [0.5, 0.6) is 0 Å². The van der Waals surface area contributed by atoms with Gasteiger partial charge in [-0.2, -0.15) is 0 Å². The fourth-order valence-electron chi connectivity index (χ4n) is 3.06. The molecule has 0 spiro atoms. The number of pyridine rings is 1. The number of H-pyrrole nitrogens is 1. The Morgan fingerprint density at radius 1 is 1.00 bits per heavy atom. The summed E-state index contributed by atoms with van der Waals surface area (Å²) in [5.41, 5.74) is 3.09. The summed E-state index contributed by atoms with van der Waals surface area (Å²) in [6.07, 6.45) is 3.69. The zero-order valence-corrected chi connectivity index (χ0v) is 13.8. The molecule has 2 aromatic carbocycles. The van der Waals surface area contributed by atoms with Crippen LogP contribution >= 0.6 is 0 Å². The predicted octanol–water partition coefficient (Wildman–Crippen LogP) is 4.67. The van der Waals surface area contributed by atoms with Crippen LogP contribution in [-0.2, 0) is 0 Å². The number of nitrogens with zero attached hydrogens (tertiary/aromatic N) is 2. The van der Waals surface area contributed by atoms with Gasteiger partial charge in [0.25, 0.3) is 5.69 Å². The highest BCUT2D eigenvalue weighted by Gasteiger charge is 2.19. The fraction of sp³-hybridized carbons (Fsp3) is 0.0500. The molecule has 0 aliphatic rings. The predicted molar refractivity (Wildman–Crippen MR) is 101 cm³/mol. The summed E-state index contributed by atoms with van der Waals surface area (Å²) in [4.78, 5) is 18.2. The van der Waals surface area contributed by atoms with Gasteiger partial charge in [0.15, 0.2) is 0 Å². The zero-order chi connectivity index (χ0) is 17.9. The molecule has 2 heterocycles. The highest BCUT2D eigenvalue weighted by molar-refractivity contribution is 5.84. The van der Waals surface area contributed by atoms with Gasteiger partial charge in [-0.3, -0.25) is 10.1 Å². The number of nitro groups is 1. The van der Waals surface area contributed by atoms with Crippen LogP contribution < -0.4 is 5.32 Å². The molecule has 1 atom stereocenters. The van der Waals surface area contributed by atoms with E-state index < -0.39 is 4.92 Å². The molecule has 4 rings (SSSR count). The first-order valence-corrected chi connectivity index (χ1v) is 8.20. The van der Waals surface area contributed by atoms with E-state index in [2.05, 4.69) is 21.4 Å². The molecule has 0 aliphatic heterocycles. The summed E-state index contributed by atoms with van der Waals surface area (Å²) in [7, 11) is 0. The van der Waals surface area contributed by atoms with E-state index >= 15 is 0 Å². The molecule has 6 heteroatoms. The number of nitro benzene ring substituents is 1. The van der Waals surface area contributed by atoms with E-state index in [1.165, 1.54) is 12.1 Å². The van der Waals surface area contributed by atoms with Gasteiger partial charge in [-0.15, -0.1) is 0 Å². The summed E-state index contributed by atoms with van der Waals surface area (Å²) in [5, 5.41) is 15.5. The summed E-state index contributed by atoms with van der Waals surface area (Å²) < 4.78 is 0. The van der Waals surface area contributed by atoms with E-state index in [1.54, 1.807) is 18.3 Å². The lowest BCUT2D eigenvalue weighted by Gasteiger charge is -2.19. The standard InChI is InChI=1S/C20H16N4O2/c25-24(26)15-10-8-14(9-11-15)20(23-19-7-3-4-12-21-19)17-13-22-18-6-2-1-5-16(17)18/h1-13,20,22H,(H,21,23). The van der Waals surface area contributed by atoms with Crippen molar-refractivity contribution in [2.45, 2.75) is 6.04 Å². The number of hydrogen-bond donors (Lipinski definition) is 2. The van der Waals surface area contributed by atoms with Crippen molar-refractivity contribution in [2.75, 3.05) is 5.32 Å². The lowest BCUT2D eigenvalue weighted by molar-refractivity contribution is -0.384. The maximum atomic E-state index is 11.0. The van der Waals surface area contributed by atoms with Crippen molar-refractivity contribution in [3.05, 3.63) is 100 Å². The number of benzene rings is 2. The van der Waals surface area contributed by atoms with Gasteiger partial charge in [0.05, 0.1) is 11.0 Å². The molecule has 0 amide bonds. The lowest BCUT2D eigenvalue weighted by Crippen LogP contribution is -2.13. The van der Waals surface area contributed by atoms with Crippen LogP contribution in [0.3, 0.4) is 0 Å². The Morgan fingerprint density at radius 3 is 2.50 bits per heavy atom. The van der Waals surface area contributed by atoms with Crippen molar-refractivity contribution in [1.29, 1.82) is 0 Å². The van der Waals surface area contributed by atoms with Gasteiger partial charge in [-0.25, -0.2) is 4.98 Å². The van der Waals surface area contributed by atoms with Crippen molar-refractivity contribution >= 4 is 22.4 Å². The second kappa shape index (κ2) is 6.68. The first-order valence-electron chi connectivity index (χ1n) is 8.20. The normalized spacial score (nSPS) is 12.0. The summed E-state index contributed by atoms with van der Waals surface area (Å²) in [6, 6.07) is 20.1. The van der Waals surface area contributed by atoms with E-state index in [1.807, 2.05) is 42.6 Å². The molecule has 128 valence electrons. The molecule has 4 aromatic rings. The number of aromatic amines is 1. The Kier molecular flexibility index (Phi) is 4.07. The second-order valence-corrected chi connectivity index (χ2v) is 5.93. The summed E-state index contributed by atoms with van der Waals surface area (Å²) in [5.74, 6) is 0.737. The number of nitrogens with one attached hydrogen (secondary N) is 2. The van der Waals surface area contributed by atoms with Crippen LogP contribution in [0.25, 0.3) is 10.9 Å². The molecule has 26 heavy (non-hydrogen) atoms. The summed E-state index contributed by atoms with van der Waals surface area (Å²) in [6.45, 7) is 0. The van der Waals surface area contributed by atoms with Gasteiger partial charge < -0.3 is 10.3 Å². The highest BCUT2D eigenvalue weighted by atomic mass is 16.6. The van der Waals surface area contributed by atoms with Gasteiger partial charge in [0.2, 0.25) is 0 Å². The van der Waals surface area contributed by atoms with Crippen molar-refractivity contribution in [2.24, 2.45) is 0 Å². The first-order chi connectivity index (χ1) is 12.7. The summed E-state index contributed by atoms with van der Waals surface area (Å²) >= 11 is 0. The average molecular weight is 344 g/mol. The fourth-order valence-corrected chi connectivity index (χ4v) is 3.06. The largest absolute Gasteiger partial charge is 0.361 e. The Labute approximate surface area is 149 Å². The number of para-hydroxylation sites is 1. The SMILES string of the molecule is O=[N+]([O-])c1ccc(C(Nc2ccccn2)c2c[nH]c3ccccc23)cc1. The van der Waals surface area contributed by atoms with Gasteiger partial charge in [0.1, 0.15) is 5.82 Å². The van der Waals surface area contributed by atoms with E-state index in [-0.39, 0.29) is 11.7 Å². The maximum Gasteiger partial charge on any atom is 0.269 e. The topological polar surface area (TPSA) is 83.8 Å². The van der Waals surface area contributed by atoms with Crippen molar-refractivity contribution in [3.8, 4) is 0 Å². The third kappa shape index (κ3) is 3.00. The molecular weight excluding hydrogens is 328 g/mol. The Morgan fingerprint density at radius 2 is 1.77 bits per heavy atom. The molecule has 2 aromatic heterocycles. The Bertz CT molecular complexity index is 1040. The minimum absolute atomic E-state index is 0.0734. The highest BCUT2D eigenvalue weighted by Crippen LogP contribution is 2.32. The van der Waals surface area contributed by atoms with Crippen LogP contribution in [0.1, 0.15) is 17.2 Å². The molecule has 0 fully saturated rings. The van der Waals surface area contributed by atoms with Crippen LogP contribution in [0, 0.1) is 10.1 Å². The van der Waals surface area contributed by atoms with E-state index in [4.69, 9.17) is 0 Å². The van der Waals surface area contributed by atoms with E-state index in [9.17, 15) is 10.1 Å². The number of rotatable bonds is 5. The smallest absolute Gasteiger partial charge is 0.269 e. The zero-order valence-electron chi connectivity index (χ0n) is 13.8. The maximum absolute atomic E-state index is 11.0. The molecule has 0 bridgehead atoms. The van der Waals surface area contributed by atoms with Gasteiger partial charge >= 0.3 is 0 Å². The molecule has 0 saturated carbocycles. The monoisotopic (exact) mass is 344 g/mol. The minimum atomic E-state index is -0.392. The molecular formula is C20H16N4O2. The van der Waals surface area contributed by atoms with Crippen LogP contribution in [0.4, 0.5) is 11.5 Å². The van der Waals surface area contributed by atoms with Crippen molar-refractivity contribution in [3.63, 3.8) is 0 Å². The number of fused-ring (bicyclic) bond motifs is 1. The molecule has 6 nitrogen and oxygen atoms in total. The molecule has 0 aliphatic carbocycles. The first kappa shape index (κ1) is 15.8. The molecule has 1 unspecified atom stereocenters. The minimum Gasteiger partial charge on any atom is -0.361 e. The lowest BCUT2D eigenvalue weighted by atomic mass is 9.98. The molecule has 0 saturated heterocycles. The van der Waals surface area contributed by atoms with Crippen molar-refractivity contribution in [1.82, 2.24) is 9.97 Å². The van der Waals surface area contributed by atoms with Gasteiger partial charge in [-0.1, -0.05) is 24.3 Å². The van der Waals surface area contributed by atoms with Crippen LogP contribution in [0.15, 0.2) is 79.1 Å². The molecule has 0 radical (unpaired) electrons. The number of aromatic nitrogens is 2. The van der Waals surface area contributed by atoms with E-state index in [0.29, 0.717) is 0 Å². The third-order valence-electron chi connectivity index (χ3n) is 4.33. The molecule has 2 N–H and O–H groups in total. The third-order valence-corrected chi connectivity index (χ3v) is 4.33. The van der Waals surface area contributed by atoms with E-state index in [0.717, 1.165) is 27.8 Å². The quantitative estimate of drug-likeness (QED) is 0.407. The number of anilines is 1. The van der Waals surface area contributed by atoms with Crippen LogP contribution in [-0.4, -0.2) is 14.9 Å². The Balaban J connectivity index is 1.80. The second-order valence-electron chi connectivity index (χ2n) is 5.93.